The van der Waals surface area contributed by atoms with Crippen molar-refractivity contribution in [1.82, 2.24) is 5.32 Å². The van der Waals surface area contributed by atoms with Gasteiger partial charge < -0.3 is 14.2 Å². The second-order valence-corrected chi connectivity index (χ2v) is 7.33. The van der Waals surface area contributed by atoms with Gasteiger partial charge in [0.2, 0.25) is 0 Å². The van der Waals surface area contributed by atoms with Crippen molar-refractivity contribution < 1.29 is 8.85 Å². The SMILES string of the molecule is CO[SiH](OC)C1CCC2CCCCC2N1. The quantitative estimate of drug-likeness (QED) is 0.741. The summed E-state index contributed by atoms with van der Waals surface area (Å²) in [6, 6.07) is 0.748. The number of hydrogen-bond donors (Lipinski definition) is 1. The molecule has 4 heteroatoms. The molecule has 3 unspecified atom stereocenters. The molecule has 0 bridgehead atoms. The summed E-state index contributed by atoms with van der Waals surface area (Å²) in [5.41, 5.74) is 0.527. The first-order valence-corrected chi connectivity index (χ1v) is 7.77. The molecule has 88 valence electrons. The number of fused-ring (bicyclic) bond motifs is 1. The van der Waals surface area contributed by atoms with Crippen molar-refractivity contribution in [2.24, 2.45) is 5.92 Å². The highest BCUT2D eigenvalue weighted by molar-refractivity contribution is 6.46. The highest BCUT2D eigenvalue weighted by atomic mass is 28.3. The van der Waals surface area contributed by atoms with Crippen LogP contribution in [-0.2, 0) is 8.85 Å². The molecule has 0 spiro atoms. The lowest BCUT2D eigenvalue weighted by Gasteiger charge is -2.41. The molecule has 0 radical (unpaired) electrons. The zero-order chi connectivity index (χ0) is 10.7. The Hall–Kier alpha value is 0.0969. The molecule has 3 nitrogen and oxygen atoms in total. The number of rotatable bonds is 3. The Morgan fingerprint density at radius 2 is 1.73 bits per heavy atom. The Balaban J connectivity index is 1.90. The smallest absolute Gasteiger partial charge is 0.338 e. The fourth-order valence-electron chi connectivity index (χ4n) is 3.16. The van der Waals surface area contributed by atoms with E-state index in [1.165, 1.54) is 38.5 Å². The largest absolute Gasteiger partial charge is 0.399 e. The minimum absolute atomic E-state index is 0.527. The lowest BCUT2D eigenvalue weighted by atomic mass is 9.79. The molecule has 1 aliphatic carbocycles. The molecule has 2 fully saturated rings. The summed E-state index contributed by atoms with van der Waals surface area (Å²) < 4.78 is 10.9. The van der Waals surface area contributed by atoms with Crippen LogP contribution in [0.1, 0.15) is 38.5 Å². The van der Waals surface area contributed by atoms with Crippen molar-refractivity contribution in [3.05, 3.63) is 0 Å². The Morgan fingerprint density at radius 1 is 1.00 bits per heavy atom. The van der Waals surface area contributed by atoms with Gasteiger partial charge in [-0.25, -0.2) is 0 Å². The Morgan fingerprint density at radius 3 is 2.47 bits per heavy atom. The van der Waals surface area contributed by atoms with Crippen LogP contribution in [0.5, 0.6) is 0 Å². The minimum atomic E-state index is -1.45. The van der Waals surface area contributed by atoms with Crippen molar-refractivity contribution in [1.29, 1.82) is 0 Å². The molecule has 1 N–H and O–H groups in total. The van der Waals surface area contributed by atoms with Crippen LogP contribution < -0.4 is 5.32 Å². The molecule has 1 saturated heterocycles. The van der Waals surface area contributed by atoms with Crippen molar-refractivity contribution in [2.75, 3.05) is 14.2 Å². The number of hydrogen-bond acceptors (Lipinski definition) is 3. The summed E-state index contributed by atoms with van der Waals surface area (Å²) in [5, 5.41) is 3.77. The summed E-state index contributed by atoms with van der Waals surface area (Å²) in [6.07, 6.45) is 8.24. The maximum atomic E-state index is 5.47. The lowest BCUT2D eigenvalue weighted by Crippen LogP contribution is -2.56. The van der Waals surface area contributed by atoms with Gasteiger partial charge in [0.15, 0.2) is 0 Å². The first-order chi connectivity index (χ1) is 7.35. The zero-order valence-electron chi connectivity index (χ0n) is 9.87. The van der Waals surface area contributed by atoms with E-state index in [-0.39, 0.29) is 0 Å². The van der Waals surface area contributed by atoms with Crippen LogP contribution in [0.3, 0.4) is 0 Å². The Labute approximate surface area is 94.4 Å². The third kappa shape index (κ3) is 2.61. The van der Waals surface area contributed by atoms with Crippen molar-refractivity contribution in [3.63, 3.8) is 0 Å². The molecule has 2 rings (SSSR count). The average molecular weight is 229 g/mol. The standard InChI is InChI=1S/C11H23NO2Si/c1-13-15(14-2)11-8-7-9-5-3-4-6-10(9)12-11/h9-12,15H,3-8H2,1-2H3. The number of nitrogens with one attached hydrogen (secondary N) is 1. The van der Waals surface area contributed by atoms with Gasteiger partial charge in [-0.15, -0.1) is 0 Å². The van der Waals surface area contributed by atoms with Gasteiger partial charge in [-0.2, -0.15) is 0 Å². The molecular formula is C11H23NO2Si. The predicted molar refractivity (Wildman–Crippen MR) is 63.1 cm³/mol. The van der Waals surface area contributed by atoms with E-state index >= 15 is 0 Å². The van der Waals surface area contributed by atoms with Gasteiger partial charge in [-0.05, 0) is 31.6 Å². The van der Waals surface area contributed by atoms with E-state index in [0.29, 0.717) is 5.67 Å². The zero-order valence-corrected chi connectivity index (χ0v) is 11.0. The van der Waals surface area contributed by atoms with Crippen LogP contribution in [0.15, 0.2) is 0 Å². The topological polar surface area (TPSA) is 30.5 Å². The third-order valence-electron chi connectivity index (χ3n) is 3.98. The molecule has 0 aromatic carbocycles. The van der Waals surface area contributed by atoms with Crippen LogP contribution in [0.2, 0.25) is 0 Å². The number of piperidine rings is 1. The maximum Gasteiger partial charge on any atom is 0.338 e. The van der Waals surface area contributed by atoms with E-state index in [2.05, 4.69) is 5.32 Å². The highest BCUT2D eigenvalue weighted by Crippen LogP contribution is 2.32. The van der Waals surface area contributed by atoms with Crippen LogP contribution >= 0.6 is 0 Å². The summed E-state index contributed by atoms with van der Waals surface area (Å²) in [7, 11) is 2.12. The van der Waals surface area contributed by atoms with Crippen LogP contribution in [0.25, 0.3) is 0 Å². The molecule has 3 atom stereocenters. The summed E-state index contributed by atoms with van der Waals surface area (Å²) in [5.74, 6) is 0.929. The molecule has 1 heterocycles. The molecule has 2 aliphatic rings. The molecule has 1 saturated carbocycles. The van der Waals surface area contributed by atoms with Crippen molar-refractivity contribution in [3.8, 4) is 0 Å². The average Bonchev–Trinajstić information content (AvgIpc) is 2.30. The fraction of sp³-hybridized carbons (Fsp3) is 1.00. The molecular weight excluding hydrogens is 206 g/mol. The predicted octanol–water partition coefficient (Wildman–Crippen LogP) is 1.35. The molecule has 0 amide bonds. The van der Waals surface area contributed by atoms with Crippen molar-refractivity contribution in [2.45, 2.75) is 50.2 Å². The van der Waals surface area contributed by atoms with Crippen molar-refractivity contribution >= 4 is 9.28 Å². The molecule has 0 aromatic rings. The molecule has 1 aliphatic heterocycles. The van der Waals surface area contributed by atoms with Gasteiger partial charge in [0.25, 0.3) is 0 Å². The lowest BCUT2D eigenvalue weighted by molar-refractivity contribution is 0.171. The van der Waals surface area contributed by atoms with E-state index in [4.69, 9.17) is 8.85 Å². The maximum absolute atomic E-state index is 5.47. The first-order valence-electron chi connectivity index (χ1n) is 6.16. The van der Waals surface area contributed by atoms with Gasteiger partial charge in [-0.1, -0.05) is 12.8 Å². The Bertz CT molecular complexity index is 199. The first kappa shape index (κ1) is 11.6. The fourth-order valence-corrected chi connectivity index (χ4v) is 4.88. The second-order valence-electron chi connectivity index (χ2n) is 4.84. The van der Waals surface area contributed by atoms with Crippen LogP contribution in [0, 0.1) is 5.92 Å². The van der Waals surface area contributed by atoms with E-state index < -0.39 is 9.28 Å². The summed E-state index contributed by atoms with van der Waals surface area (Å²) >= 11 is 0. The third-order valence-corrected chi connectivity index (χ3v) is 6.09. The van der Waals surface area contributed by atoms with E-state index in [0.717, 1.165) is 12.0 Å². The van der Waals surface area contributed by atoms with E-state index in [9.17, 15) is 0 Å². The van der Waals surface area contributed by atoms with Gasteiger partial charge in [-0.3, -0.25) is 0 Å². The van der Waals surface area contributed by atoms with Crippen LogP contribution in [-0.4, -0.2) is 35.2 Å². The van der Waals surface area contributed by atoms with Gasteiger partial charge >= 0.3 is 9.28 Å². The normalized spacial score (nSPS) is 36.6. The summed E-state index contributed by atoms with van der Waals surface area (Å²) in [6.45, 7) is 0. The minimum Gasteiger partial charge on any atom is -0.399 e. The van der Waals surface area contributed by atoms with E-state index in [1.54, 1.807) is 14.2 Å². The van der Waals surface area contributed by atoms with Crippen LogP contribution in [0.4, 0.5) is 0 Å². The van der Waals surface area contributed by atoms with Gasteiger partial charge in [0.1, 0.15) is 0 Å². The Kier molecular flexibility index (Phi) is 4.19. The molecule has 0 aromatic heterocycles. The van der Waals surface area contributed by atoms with E-state index in [1.807, 2.05) is 0 Å². The molecule has 15 heavy (non-hydrogen) atoms. The summed E-state index contributed by atoms with van der Waals surface area (Å²) in [4.78, 5) is 0. The monoisotopic (exact) mass is 229 g/mol. The highest BCUT2D eigenvalue weighted by Gasteiger charge is 2.36. The second kappa shape index (κ2) is 5.43. The van der Waals surface area contributed by atoms with Gasteiger partial charge in [0, 0.05) is 25.9 Å². The van der Waals surface area contributed by atoms with Gasteiger partial charge in [0.05, 0.1) is 0 Å².